The number of nitrogens with zero attached hydrogens (tertiary/aromatic N) is 1. The van der Waals surface area contributed by atoms with E-state index in [4.69, 9.17) is 5.11 Å². The third-order valence-corrected chi connectivity index (χ3v) is 1.95. The van der Waals surface area contributed by atoms with Crippen molar-refractivity contribution >= 4 is 10.4 Å². The van der Waals surface area contributed by atoms with Gasteiger partial charge in [0, 0.05) is 0 Å². The molecule has 0 spiro atoms. The van der Waals surface area contributed by atoms with Crippen molar-refractivity contribution in [3.63, 3.8) is 0 Å². The molecule has 80 valence electrons. The van der Waals surface area contributed by atoms with Gasteiger partial charge in [-0.25, -0.2) is 8.37 Å². The Morgan fingerprint density at radius 1 is 1.46 bits per heavy atom. The quantitative estimate of drug-likeness (QED) is 0.580. The van der Waals surface area contributed by atoms with Gasteiger partial charge in [-0.1, -0.05) is 0 Å². The minimum Gasteiger partial charge on any atom is -0.394 e. The van der Waals surface area contributed by atoms with Crippen molar-refractivity contribution < 1.29 is 21.9 Å². The Labute approximate surface area is 78.4 Å². The van der Waals surface area contributed by atoms with Crippen molar-refractivity contribution in [3.05, 3.63) is 0 Å². The molecule has 0 aliphatic heterocycles. The van der Waals surface area contributed by atoms with Crippen LogP contribution in [0, 0.1) is 0 Å². The predicted molar refractivity (Wildman–Crippen MR) is 46.2 cm³/mol. The fourth-order valence-electron chi connectivity index (χ4n) is 0.429. The summed E-state index contributed by atoms with van der Waals surface area (Å²) in [4.78, 5) is 1.53. The molecule has 0 saturated carbocycles. The summed E-state index contributed by atoms with van der Waals surface area (Å²) in [5.41, 5.74) is 0. The molecule has 1 N–H and O–H groups in total. The van der Waals surface area contributed by atoms with E-state index in [9.17, 15) is 8.42 Å². The first-order valence-electron chi connectivity index (χ1n) is 3.70. The summed E-state index contributed by atoms with van der Waals surface area (Å²) < 4.78 is 30.7. The van der Waals surface area contributed by atoms with Gasteiger partial charge in [-0.3, -0.25) is 4.90 Å². The second-order valence-corrected chi connectivity index (χ2v) is 4.07. The van der Waals surface area contributed by atoms with Crippen LogP contribution < -0.4 is 0 Å². The summed E-state index contributed by atoms with van der Waals surface area (Å²) in [6, 6.07) is 0. The molecule has 1 atom stereocenters. The zero-order valence-electron chi connectivity index (χ0n) is 7.93. The van der Waals surface area contributed by atoms with E-state index in [0.717, 1.165) is 0 Å². The van der Waals surface area contributed by atoms with E-state index in [0.29, 0.717) is 0 Å². The van der Waals surface area contributed by atoms with E-state index in [-0.39, 0.29) is 13.3 Å². The van der Waals surface area contributed by atoms with Crippen LogP contribution in [-0.2, 0) is 18.8 Å². The van der Waals surface area contributed by atoms with E-state index < -0.39 is 16.5 Å². The molecule has 0 aromatic carbocycles. The summed E-state index contributed by atoms with van der Waals surface area (Å²) in [6.07, 6.45) is -0.785. The van der Waals surface area contributed by atoms with Gasteiger partial charge in [0.1, 0.15) is 6.73 Å². The number of hydrogen-bond donors (Lipinski definition) is 1. The average Bonchev–Trinajstić information content (AvgIpc) is 2.00. The lowest BCUT2D eigenvalue weighted by Gasteiger charge is -2.12. The van der Waals surface area contributed by atoms with E-state index in [2.05, 4.69) is 8.37 Å². The topological polar surface area (TPSA) is 76.1 Å². The Kier molecular flexibility index (Phi) is 5.42. The van der Waals surface area contributed by atoms with Gasteiger partial charge in [-0.15, -0.1) is 0 Å². The van der Waals surface area contributed by atoms with Gasteiger partial charge in [0.05, 0.1) is 12.7 Å². The van der Waals surface area contributed by atoms with Gasteiger partial charge in [0.15, 0.2) is 0 Å². The van der Waals surface area contributed by atoms with E-state index in [1.54, 1.807) is 14.1 Å². The molecule has 0 fully saturated rings. The van der Waals surface area contributed by atoms with E-state index in [1.807, 2.05) is 0 Å². The first kappa shape index (κ1) is 12.8. The summed E-state index contributed by atoms with van der Waals surface area (Å²) in [5, 5.41) is 8.52. The fourth-order valence-corrected chi connectivity index (χ4v) is 1.29. The lowest BCUT2D eigenvalue weighted by molar-refractivity contribution is 0.0920. The van der Waals surface area contributed by atoms with Gasteiger partial charge in [-0.05, 0) is 21.0 Å². The SMILES string of the molecule is CC(CO)OS(=O)(=O)OCN(C)C. The summed E-state index contributed by atoms with van der Waals surface area (Å²) in [5.74, 6) is 0. The molecule has 13 heavy (non-hydrogen) atoms. The van der Waals surface area contributed by atoms with Gasteiger partial charge in [0.25, 0.3) is 0 Å². The van der Waals surface area contributed by atoms with Crippen LogP contribution in [0.15, 0.2) is 0 Å². The van der Waals surface area contributed by atoms with Gasteiger partial charge < -0.3 is 5.11 Å². The molecule has 0 aliphatic rings. The van der Waals surface area contributed by atoms with E-state index in [1.165, 1.54) is 11.8 Å². The average molecular weight is 213 g/mol. The minimum atomic E-state index is -3.99. The molecule has 0 aliphatic carbocycles. The second kappa shape index (κ2) is 5.51. The van der Waals surface area contributed by atoms with Crippen molar-refractivity contribution in [1.82, 2.24) is 4.90 Å². The Morgan fingerprint density at radius 2 is 2.00 bits per heavy atom. The molecular weight excluding hydrogens is 198 g/mol. The van der Waals surface area contributed by atoms with Crippen LogP contribution in [0.5, 0.6) is 0 Å². The monoisotopic (exact) mass is 213 g/mol. The maximum absolute atomic E-state index is 10.9. The van der Waals surface area contributed by atoms with Crippen LogP contribution in [0.4, 0.5) is 0 Å². The van der Waals surface area contributed by atoms with Crippen LogP contribution in [0.1, 0.15) is 6.92 Å². The lowest BCUT2D eigenvalue weighted by Crippen LogP contribution is -2.25. The molecule has 7 heteroatoms. The highest BCUT2D eigenvalue weighted by molar-refractivity contribution is 7.81. The van der Waals surface area contributed by atoms with Crippen molar-refractivity contribution in [3.8, 4) is 0 Å². The first-order valence-corrected chi connectivity index (χ1v) is 5.04. The summed E-state index contributed by atoms with van der Waals surface area (Å²) in [6.45, 7) is 0.974. The molecule has 0 aromatic heterocycles. The summed E-state index contributed by atoms with van der Waals surface area (Å²) >= 11 is 0. The number of rotatable bonds is 6. The highest BCUT2D eigenvalue weighted by Crippen LogP contribution is 2.01. The van der Waals surface area contributed by atoms with Gasteiger partial charge in [-0.2, -0.15) is 8.42 Å². The normalized spacial score (nSPS) is 14.8. The van der Waals surface area contributed by atoms with Crippen molar-refractivity contribution in [2.45, 2.75) is 13.0 Å². The zero-order chi connectivity index (χ0) is 10.5. The Bertz CT molecular complexity index is 225. The fraction of sp³-hybridized carbons (Fsp3) is 1.00. The van der Waals surface area contributed by atoms with Gasteiger partial charge in [0.2, 0.25) is 0 Å². The summed E-state index contributed by atoms with van der Waals surface area (Å²) in [7, 11) is -0.674. The molecule has 0 heterocycles. The van der Waals surface area contributed by atoms with Crippen molar-refractivity contribution in [2.24, 2.45) is 0 Å². The highest BCUT2D eigenvalue weighted by atomic mass is 32.3. The molecular formula is C6H15NO5S. The van der Waals surface area contributed by atoms with Crippen LogP contribution in [0.25, 0.3) is 0 Å². The Balaban J connectivity index is 3.95. The Hall–Kier alpha value is -0.210. The highest BCUT2D eigenvalue weighted by Gasteiger charge is 2.16. The Morgan fingerprint density at radius 3 is 2.38 bits per heavy atom. The zero-order valence-corrected chi connectivity index (χ0v) is 8.74. The minimum absolute atomic E-state index is 0.0829. The van der Waals surface area contributed by atoms with Crippen LogP contribution >= 0.6 is 0 Å². The third kappa shape index (κ3) is 6.91. The molecule has 6 nitrogen and oxygen atoms in total. The van der Waals surface area contributed by atoms with Crippen molar-refractivity contribution in [1.29, 1.82) is 0 Å². The maximum Gasteiger partial charge on any atom is 0.401 e. The van der Waals surface area contributed by atoms with Crippen LogP contribution in [-0.4, -0.2) is 52.0 Å². The van der Waals surface area contributed by atoms with Gasteiger partial charge >= 0.3 is 10.4 Å². The standard InChI is InChI=1S/C6H15NO5S/c1-6(4-8)12-13(9,10)11-5-7(2)3/h6,8H,4-5H2,1-3H3. The molecule has 0 bridgehead atoms. The molecule has 0 amide bonds. The number of hydrogen-bond acceptors (Lipinski definition) is 6. The first-order chi connectivity index (χ1) is 5.87. The lowest BCUT2D eigenvalue weighted by atomic mass is 10.5. The largest absolute Gasteiger partial charge is 0.401 e. The smallest absolute Gasteiger partial charge is 0.394 e. The maximum atomic E-state index is 10.9. The van der Waals surface area contributed by atoms with Crippen LogP contribution in [0.2, 0.25) is 0 Å². The molecule has 0 aromatic rings. The molecule has 0 rings (SSSR count). The van der Waals surface area contributed by atoms with Crippen molar-refractivity contribution in [2.75, 3.05) is 27.4 Å². The van der Waals surface area contributed by atoms with E-state index >= 15 is 0 Å². The molecule has 0 saturated heterocycles. The number of aliphatic hydroxyl groups is 1. The number of aliphatic hydroxyl groups excluding tert-OH is 1. The predicted octanol–water partition coefficient (Wildman–Crippen LogP) is -0.836. The third-order valence-electron chi connectivity index (χ3n) is 0.994. The molecule has 1 unspecified atom stereocenters. The molecule has 0 radical (unpaired) electrons. The van der Waals surface area contributed by atoms with Crippen LogP contribution in [0.3, 0.4) is 0 Å². The second-order valence-electron chi connectivity index (χ2n) is 2.82.